The van der Waals surface area contributed by atoms with Crippen molar-refractivity contribution in [3.63, 3.8) is 0 Å². The Balaban J connectivity index is 1.62. The maximum atomic E-state index is 4.07. The number of aromatic nitrogens is 1. The van der Waals surface area contributed by atoms with Gasteiger partial charge in [0.1, 0.15) is 0 Å². The lowest BCUT2D eigenvalue weighted by atomic mass is 10.1. The van der Waals surface area contributed by atoms with E-state index < -0.39 is 0 Å². The minimum absolute atomic E-state index is 0.651. The highest BCUT2D eigenvalue weighted by molar-refractivity contribution is 7.07. The van der Waals surface area contributed by atoms with Crippen LogP contribution in [0.4, 0.5) is 0 Å². The number of nitrogens with zero attached hydrogens (tertiary/aromatic N) is 2. The van der Waals surface area contributed by atoms with E-state index in [9.17, 15) is 0 Å². The lowest BCUT2D eigenvalue weighted by molar-refractivity contribution is 0.261. The summed E-state index contributed by atoms with van der Waals surface area (Å²) in [6, 6.07) is 7.17. The third-order valence-electron chi connectivity index (χ3n) is 3.73. The van der Waals surface area contributed by atoms with E-state index in [4.69, 9.17) is 0 Å². The lowest BCUT2D eigenvalue weighted by Crippen LogP contribution is -2.25. The van der Waals surface area contributed by atoms with Gasteiger partial charge in [0.15, 0.2) is 0 Å². The predicted octanol–water partition coefficient (Wildman–Crippen LogP) is 3.52. The predicted molar refractivity (Wildman–Crippen MR) is 75.8 cm³/mol. The summed E-state index contributed by atoms with van der Waals surface area (Å²) in [4.78, 5) is 6.70. The Bertz CT molecular complexity index is 467. The van der Waals surface area contributed by atoms with Crippen LogP contribution in [-0.2, 0) is 6.42 Å². The summed E-state index contributed by atoms with van der Waals surface area (Å²) in [6.45, 7) is 2.40. The molecular formula is C15H18N2S. The molecule has 1 aliphatic rings. The van der Waals surface area contributed by atoms with E-state index in [1.165, 1.54) is 30.5 Å². The van der Waals surface area contributed by atoms with Crippen LogP contribution in [0.1, 0.15) is 30.0 Å². The molecule has 2 aromatic rings. The molecule has 0 radical (unpaired) electrons. The van der Waals surface area contributed by atoms with Crippen molar-refractivity contribution >= 4 is 11.3 Å². The summed E-state index contributed by atoms with van der Waals surface area (Å²) >= 11 is 1.81. The second-order valence-corrected chi connectivity index (χ2v) is 5.64. The first kappa shape index (κ1) is 11.9. The highest BCUT2D eigenvalue weighted by Gasteiger charge is 2.25. The molecule has 1 aliphatic heterocycles. The van der Waals surface area contributed by atoms with Crippen molar-refractivity contribution in [2.45, 2.75) is 25.3 Å². The van der Waals surface area contributed by atoms with Crippen molar-refractivity contribution in [1.29, 1.82) is 0 Å². The molecule has 1 fully saturated rings. The van der Waals surface area contributed by atoms with Gasteiger partial charge in [0.2, 0.25) is 0 Å². The molecule has 18 heavy (non-hydrogen) atoms. The number of likely N-dealkylation sites (tertiary alicyclic amines) is 1. The van der Waals surface area contributed by atoms with E-state index in [0.29, 0.717) is 6.04 Å². The van der Waals surface area contributed by atoms with Gasteiger partial charge in [0.05, 0.1) is 0 Å². The van der Waals surface area contributed by atoms with Gasteiger partial charge < -0.3 is 0 Å². The number of thiophene rings is 1. The van der Waals surface area contributed by atoms with Crippen molar-refractivity contribution in [2.24, 2.45) is 0 Å². The van der Waals surface area contributed by atoms with Crippen LogP contribution < -0.4 is 0 Å². The van der Waals surface area contributed by atoms with Gasteiger partial charge in [-0.2, -0.15) is 11.3 Å². The minimum atomic E-state index is 0.651. The molecule has 2 aromatic heterocycles. The summed E-state index contributed by atoms with van der Waals surface area (Å²) in [5.41, 5.74) is 2.90. The van der Waals surface area contributed by atoms with Gasteiger partial charge in [-0.25, -0.2) is 0 Å². The molecule has 94 valence electrons. The van der Waals surface area contributed by atoms with Gasteiger partial charge in [0, 0.05) is 25.0 Å². The molecule has 0 N–H and O–H groups in total. The first-order valence-electron chi connectivity index (χ1n) is 6.58. The molecule has 0 bridgehead atoms. The van der Waals surface area contributed by atoms with Gasteiger partial charge in [-0.05, 0) is 65.9 Å². The molecule has 0 amide bonds. The van der Waals surface area contributed by atoms with Crippen molar-refractivity contribution < 1.29 is 0 Å². The number of rotatable bonds is 4. The van der Waals surface area contributed by atoms with E-state index in [-0.39, 0.29) is 0 Å². The number of hydrogen-bond acceptors (Lipinski definition) is 3. The van der Waals surface area contributed by atoms with Gasteiger partial charge in [-0.1, -0.05) is 0 Å². The van der Waals surface area contributed by atoms with Crippen LogP contribution in [0.15, 0.2) is 41.4 Å². The zero-order valence-electron chi connectivity index (χ0n) is 10.5. The van der Waals surface area contributed by atoms with E-state index in [0.717, 1.165) is 13.0 Å². The Morgan fingerprint density at radius 1 is 1.28 bits per heavy atom. The third-order valence-corrected chi connectivity index (χ3v) is 4.43. The molecule has 1 atom stereocenters. The summed E-state index contributed by atoms with van der Waals surface area (Å²) in [6.07, 6.45) is 7.54. The lowest BCUT2D eigenvalue weighted by Gasteiger charge is -2.23. The Morgan fingerprint density at radius 3 is 2.94 bits per heavy atom. The molecule has 3 rings (SSSR count). The quantitative estimate of drug-likeness (QED) is 0.834. The topological polar surface area (TPSA) is 16.1 Å². The minimum Gasteiger partial charge on any atom is -0.296 e. The Labute approximate surface area is 112 Å². The van der Waals surface area contributed by atoms with Crippen molar-refractivity contribution in [2.75, 3.05) is 13.1 Å². The van der Waals surface area contributed by atoms with Gasteiger partial charge in [-0.3, -0.25) is 9.88 Å². The maximum Gasteiger partial charge on any atom is 0.0356 e. The molecule has 3 heteroatoms. The maximum absolute atomic E-state index is 4.07. The van der Waals surface area contributed by atoms with E-state index >= 15 is 0 Å². The Kier molecular flexibility index (Phi) is 3.72. The number of pyridine rings is 1. The Morgan fingerprint density at radius 2 is 2.17 bits per heavy atom. The molecule has 0 aromatic carbocycles. The van der Waals surface area contributed by atoms with E-state index in [1.54, 1.807) is 0 Å². The SMILES string of the molecule is c1cc(CCN2CCCC2c2ccsc2)ccn1. The molecule has 0 spiro atoms. The van der Waals surface area contributed by atoms with Crippen LogP contribution in [-0.4, -0.2) is 23.0 Å². The van der Waals surface area contributed by atoms with Crippen LogP contribution in [0, 0.1) is 0 Å². The highest BCUT2D eigenvalue weighted by Crippen LogP contribution is 2.32. The second-order valence-electron chi connectivity index (χ2n) is 4.86. The fraction of sp³-hybridized carbons (Fsp3) is 0.400. The smallest absolute Gasteiger partial charge is 0.0356 e. The zero-order chi connectivity index (χ0) is 12.2. The van der Waals surface area contributed by atoms with Gasteiger partial charge in [-0.15, -0.1) is 0 Å². The van der Waals surface area contributed by atoms with E-state index in [2.05, 4.69) is 38.8 Å². The molecule has 1 saturated heterocycles. The highest BCUT2D eigenvalue weighted by atomic mass is 32.1. The van der Waals surface area contributed by atoms with Crippen LogP contribution >= 0.6 is 11.3 Å². The average molecular weight is 258 g/mol. The van der Waals surface area contributed by atoms with Crippen molar-refractivity contribution in [3.05, 3.63) is 52.5 Å². The zero-order valence-corrected chi connectivity index (χ0v) is 11.3. The van der Waals surface area contributed by atoms with Crippen molar-refractivity contribution in [1.82, 2.24) is 9.88 Å². The van der Waals surface area contributed by atoms with Crippen LogP contribution in [0.2, 0.25) is 0 Å². The summed E-state index contributed by atoms with van der Waals surface area (Å²) < 4.78 is 0. The normalized spacial score (nSPS) is 20.3. The third kappa shape index (κ3) is 2.62. The fourth-order valence-corrected chi connectivity index (χ4v) is 3.47. The summed E-state index contributed by atoms with van der Waals surface area (Å²) in [7, 11) is 0. The monoisotopic (exact) mass is 258 g/mol. The van der Waals surface area contributed by atoms with E-state index in [1.807, 2.05) is 23.7 Å². The van der Waals surface area contributed by atoms with Crippen LogP contribution in [0.25, 0.3) is 0 Å². The molecule has 0 saturated carbocycles. The van der Waals surface area contributed by atoms with Crippen LogP contribution in [0.3, 0.4) is 0 Å². The molecule has 3 heterocycles. The fourth-order valence-electron chi connectivity index (χ4n) is 2.76. The van der Waals surface area contributed by atoms with Crippen LogP contribution in [0.5, 0.6) is 0 Å². The molecular weight excluding hydrogens is 240 g/mol. The summed E-state index contributed by atoms with van der Waals surface area (Å²) in [5, 5.41) is 4.49. The van der Waals surface area contributed by atoms with Gasteiger partial charge >= 0.3 is 0 Å². The first-order chi connectivity index (χ1) is 8.93. The molecule has 1 unspecified atom stereocenters. The average Bonchev–Trinajstić information content (AvgIpc) is 3.08. The molecule has 2 nitrogen and oxygen atoms in total. The molecule has 0 aliphatic carbocycles. The second kappa shape index (κ2) is 5.63. The van der Waals surface area contributed by atoms with Gasteiger partial charge in [0.25, 0.3) is 0 Å². The first-order valence-corrected chi connectivity index (χ1v) is 7.53. The number of hydrogen-bond donors (Lipinski definition) is 0. The largest absolute Gasteiger partial charge is 0.296 e. The standard InChI is InChI=1S/C15H18N2S/c1-2-15(14-6-11-18-12-14)17(9-1)10-5-13-3-7-16-8-4-13/h3-4,6-8,11-12,15H,1-2,5,9-10H2. The summed E-state index contributed by atoms with van der Waals surface area (Å²) in [5.74, 6) is 0. The Hall–Kier alpha value is -1.19. The van der Waals surface area contributed by atoms with Crippen molar-refractivity contribution in [3.8, 4) is 0 Å².